The summed E-state index contributed by atoms with van der Waals surface area (Å²) in [6.07, 6.45) is 5.22. The molecule has 104 valence electrons. The van der Waals surface area contributed by atoms with Gasteiger partial charge in [0, 0.05) is 25.5 Å². The maximum atomic E-state index is 12.0. The van der Waals surface area contributed by atoms with Crippen molar-refractivity contribution in [3.63, 3.8) is 0 Å². The predicted octanol–water partition coefficient (Wildman–Crippen LogP) is 0.319. The first-order valence-corrected chi connectivity index (χ1v) is 6.68. The Morgan fingerprint density at radius 3 is 2.84 bits per heavy atom. The van der Waals surface area contributed by atoms with Gasteiger partial charge in [-0.05, 0) is 13.3 Å². The summed E-state index contributed by atoms with van der Waals surface area (Å²) in [6, 6.07) is -0.324. The van der Waals surface area contributed by atoms with Crippen molar-refractivity contribution >= 4 is 11.8 Å². The van der Waals surface area contributed by atoms with E-state index in [0.717, 1.165) is 12.2 Å². The third-order valence-corrected chi connectivity index (χ3v) is 3.48. The molecule has 2 amide bonds. The highest BCUT2D eigenvalue weighted by Crippen LogP contribution is 2.12. The number of aryl methyl sites for hydroxylation is 1. The molecular weight excluding hydrogens is 244 g/mol. The van der Waals surface area contributed by atoms with Gasteiger partial charge in [0.2, 0.25) is 11.8 Å². The number of nitrogens with one attached hydrogen (secondary N) is 1. The minimum atomic E-state index is -0.324. The third-order valence-electron chi connectivity index (χ3n) is 3.48. The molecule has 1 aliphatic rings. The van der Waals surface area contributed by atoms with Crippen LogP contribution in [0.2, 0.25) is 0 Å². The number of amides is 2. The minimum Gasteiger partial charge on any atom is -0.345 e. The molecule has 6 heteroatoms. The summed E-state index contributed by atoms with van der Waals surface area (Å²) < 4.78 is 1.99. The molecule has 2 heterocycles. The summed E-state index contributed by atoms with van der Waals surface area (Å²) in [5.74, 6) is 0.876. The minimum absolute atomic E-state index is 0.00387. The van der Waals surface area contributed by atoms with E-state index in [2.05, 4.69) is 10.3 Å². The number of nitrogens with zero attached hydrogens (tertiary/aromatic N) is 3. The molecule has 6 nitrogen and oxygen atoms in total. The van der Waals surface area contributed by atoms with E-state index in [1.54, 1.807) is 11.1 Å². The van der Waals surface area contributed by atoms with Gasteiger partial charge in [0.25, 0.3) is 0 Å². The summed E-state index contributed by atoms with van der Waals surface area (Å²) in [7, 11) is 0. The number of piperazine rings is 1. The van der Waals surface area contributed by atoms with Gasteiger partial charge in [-0.2, -0.15) is 0 Å². The van der Waals surface area contributed by atoms with Crippen LogP contribution in [0, 0.1) is 6.92 Å². The van der Waals surface area contributed by atoms with Crippen molar-refractivity contribution in [2.45, 2.75) is 39.3 Å². The van der Waals surface area contributed by atoms with Crippen LogP contribution in [0.1, 0.15) is 25.6 Å². The van der Waals surface area contributed by atoms with Crippen LogP contribution in [-0.4, -0.2) is 45.4 Å². The summed E-state index contributed by atoms with van der Waals surface area (Å²) in [5, 5.41) is 2.65. The molecule has 0 aromatic carbocycles. The lowest BCUT2D eigenvalue weighted by Gasteiger charge is -2.35. The Balaban J connectivity index is 2.04. The van der Waals surface area contributed by atoms with Gasteiger partial charge in [0.1, 0.15) is 11.9 Å². The maximum Gasteiger partial charge on any atom is 0.243 e. The molecule has 1 atom stereocenters. The largest absolute Gasteiger partial charge is 0.345 e. The van der Waals surface area contributed by atoms with Crippen molar-refractivity contribution in [1.29, 1.82) is 0 Å². The number of hydrogen-bond acceptors (Lipinski definition) is 3. The smallest absolute Gasteiger partial charge is 0.243 e. The molecule has 0 bridgehead atoms. The normalized spacial score (nSPS) is 19.7. The van der Waals surface area contributed by atoms with Crippen molar-refractivity contribution in [3.8, 4) is 0 Å². The van der Waals surface area contributed by atoms with Crippen LogP contribution in [0.25, 0.3) is 0 Å². The van der Waals surface area contributed by atoms with E-state index in [4.69, 9.17) is 0 Å². The Kier molecular flexibility index (Phi) is 4.19. The predicted molar refractivity (Wildman–Crippen MR) is 70.4 cm³/mol. The Bertz CT molecular complexity index is 469. The first-order valence-electron chi connectivity index (χ1n) is 6.68. The van der Waals surface area contributed by atoms with Crippen LogP contribution in [0.4, 0.5) is 0 Å². The number of aromatic nitrogens is 2. The zero-order valence-electron chi connectivity index (χ0n) is 11.4. The third kappa shape index (κ3) is 2.94. The lowest BCUT2D eigenvalue weighted by atomic mass is 10.1. The summed E-state index contributed by atoms with van der Waals surface area (Å²) in [4.78, 5) is 29.6. The highest BCUT2D eigenvalue weighted by atomic mass is 16.2. The van der Waals surface area contributed by atoms with Gasteiger partial charge in [0.15, 0.2) is 0 Å². The number of imidazole rings is 1. The SMILES string of the molecule is CCCC1C(=O)NCC(=O)N1CCn1ccnc1C. The molecule has 0 radical (unpaired) electrons. The fourth-order valence-electron chi connectivity index (χ4n) is 2.39. The van der Waals surface area contributed by atoms with E-state index in [-0.39, 0.29) is 24.4 Å². The average Bonchev–Trinajstić information content (AvgIpc) is 2.79. The van der Waals surface area contributed by atoms with Gasteiger partial charge in [0.05, 0.1) is 6.54 Å². The molecule has 1 saturated heterocycles. The van der Waals surface area contributed by atoms with Crippen LogP contribution >= 0.6 is 0 Å². The molecule has 1 aliphatic heterocycles. The van der Waals surface area contributed by atoms with E-state index in [0.29, 0.717) is 19.5 Å². The maximum absolute atomic E-state index is 12.0. The van der Waals surface area contributed by atoms with Crippen LogP contribution in [0.3, 0.4) is 0 Å². The quantitative estimate of drug-likeness (QED) is 0.832. The van der Waals surface area contributed by atoms with Gasteiger partial charge in [-0.15, -0.1) is 0 Å². The first-order chi connectivity index (χ1) is 9.13. The second-order valence-electron chi connectivity index (χ2n) is 4.78. The van der Waals surface area contributed by atoms with E-state index in [1.807, 2.05) is 24.6 Å². The van der Waals surface area contributed by atoms with Crippen molar-refractivity contribution < 1.29 is 9.59 Å². The second kappa shape index (κ2) is 5.86. The molecule has 0 saturated carbocycles. The summed E-state index contributed by atoms with van der Waals surface area (Å²) >= 11 is 0. The topological polar surface area (TPSA) is 67.2 Å². The van der Waals surface area contributed by atoms with Crippen molar-refractivity contribution in [2.24, 2.45) is 0 Å². The van der Waals surface area contributed by atoms with E-state index in [9.17, 15) is 9.59 Å². The monoisotopic (exact) mass is 264 g/mol. The van der Waals surface area contributed by atoms with E-state index >= 15 is 0 Å². The highest BCUT2D eigenvalue weighted by Gasteiger charge is 2.33. The van der Waals surface area contributed by atoms with E-state index in [1.165, 1.54) is 0 Å². The Labute approximate surface area is 112 Å². The Morgan fingerprint density at radius 1 is 1.42 bits per heavy atom. The average molecular weight is 264 g/mol. The summed E-state index contributed by atoms with van der Waals surface area (Å²) in [5.41, 5.74) is 0. The number of rotatable bonds is 5. The lowest BCUT2D eigenvalue weighted by Crippen LogP contribution is -2.58. The van der Waals surface area contributed by atoms with Crippen molar-refractivity contribution in [2.75, 3.05) is 13.1 Å². The molecule has 1 N–H and O–H groups in total. The first kappa shape index (κ1) is 13.6. The molecule has 0 spiro atoms. The number of hydrogen-bond donors (Lipinski definition) is 1. The van der Waals surface area contributed by atoms with Gasteiger partial charge in [-0.1, -0.05) is 13.3 Å². The van der Waals surface area contributed by atoms with Crippen molar-refractivity contribution in [1.82, 2.24) is 19.8 Å². The number of carbonyl (C=O) groups is 2. The fraction of sp³-hybridized carbons (Fsp3) is 0.615. The second-order valence-corrected chi connectivity index (χ2v) is 4.78. The van der Waals surface area contributed by atoms with Crippen LogP contribution < -0.4 is 5.32 Å². The van der Waals surface area contributed by atoms with Crippen LogP contribution in [0.5, 0.6) is 0 Å². The van der Waals surface area contributed by atoms with Crippen LogP contribution in [0.15, 0.2) is 12.4 Å². The van der Waals surface area contributed by atoms with Gasteiger partial charge in [-0.3, -0.25) is 9.59 Å². The van der Waals surface area contributed by atoms with Crippen LogP contribution in [-0.2, 0) is 16.1 Å². The molecule has 1 aromatic rings. The molecule has 1 aromatic heterocycles. The molecule has 2 rings (SSSR count). The standard InChI is InChI=1S/C13H20N4O2/c1-3-4-11-13(19)15-9-12(18)17(11)8-7-16-6-5-14-10(16)2/h5-6,11H,3-4,7-9H2,1-2H3,(H,15,19). The summed E-state index contributed by atoms with van der Waals surface area (Å²) in [6.45, 7) is 5.28. The molecule has 1 unspecified atom stereocenters. The Hall–Kier alpha value is -1.85. The molecule has 1 fully saturated rings. The zero-order chi connectivity index (χ0) is 13.8. The fourth-order valence-corrected chi connectivity index (χ4v) is 2.39. The lowest BCUT2D eigenvalue weighted by molar-refractivity contribution is -0.146. The van der Waals surface area contributed by atoms with E-state index < -0.39 is 0 Å². The zero-order valence-corrected chi connectivity index (χ0v) is 11.4. The molecule has 19 heavy (non-hydrogen) atoms. The van der Waals surface area contributed by atoms with Crippen molar-refractivity contribution in [3.05, 3.63) is 18.2 Å². The van der Waals surface area contributed by atoms with Gasteiger partial charge in [-0.25, -0.2) is 4.98 Å². The Morgan fingerprint density at radius 2 is 2.21 bits per heavy atom. The van der Waals surface area contributed by atoms with Gasteiger partial charge < -0.3 is 14.8 Å². The van der Waals surface area contributed by atoms with Gasteiger partial charge >= 0.3 is 0 Å². The number of carbonyl (C=O) groups excluding carboxylic acids is 2. The highest BCUT2D eigenvalue weighted by molar-refractivity contribution is 5.94. The molecular formula is C13H20N4O2. The molecule has 0 aliphatic carbocycles.